The maximum atomic E-state index is 14.9. The van der Waals surface area contributed by atoms with Crippen molar-refractivity contribution >= 4 is 23.0 Å². The van der Waals surface area contributed by atoms with E-state index in [0.29, 0.717) is 42.0 Å². The van der Waals surface area contributed by atoms with Crippen LogP contribution < -0.4 is 5.32 Å². The Morgan fingerprint density at radius 3 is 2.81 bits per heavy atom. The van der Waals surface area contributed by atoms with Gasteiger partial charge in [-0.1, -0.05) is 6.07 Å². The summed E-state index contributed by atoms with van der Waals surface area (Å²) in [5.41, 5.74) is 3.66. The molecule has 162 valence electrons. The lowest BCUT2D eigenvalue weighted by molar-refractivity contribution is 0.0337. The number of nitrogens with one attached hydrogen (secondary N) is 2. The van der Waals surface area contributed by atoms with Crippen molar-refractivity contribution in [3.8, 4) is 0 Å². The van der Waals surface area contributed by atoms with Crippen LogP contribution in [-0.4, -0.2) is 52.9 Å². The lowest BCUT2D eigenvalue weighted by Gasteiger charge is -2.26. The molecule has 0 aliphatic carbocycles. The number of benzene rings is 1. The van der Waals surface area contributed by atoms with E-state index in [1.54, 1.807) is 17.7 Å². The molecular weight excluding hydrogens is 397 g/mol. The number of hydrogen-bond acceptors (Lipinski definition) is 5. The van der Waals surface area contributed by atoms with Crippen molar-refractivity contribution in [2.75, 3.05) is 26.3 Å². The van der Waals surface area contributed by atoms with Gasteiger partial charge in [0, 0.05) is 60.6 Å². The molecule has 4 rings (SSSR count). The number of fused-ring (bicyclic) bond motifs is 1. The molecular formula is C23H26FN5O2. The van der Waals surface area contributed by atoms with Gasteiger partial charge < -0.3 is 20.0 Å². The highest BCUT2D eigenvalue weighted by molar-refractivity contribution is 6.10. The van der Waals surface area contributed by atoms with E-state index in [1.807, 2.05) is 25.1 Å². The summed E-state index contributed by atoms with van der Waals surface area (Å²) in [6.07, 6.45) is 1.11. The van der Waals surface area contributed by atoms with Crippen molar-refractivity contribution < 1.29 is 13.9 Å². The van der Waals surface area contributed by atoms with Gasteiger partial charge in [0.1, 0.15) is 11.5 Å². The van der Waals surface area contributed by atoms with E-state index < -0.39 is 0 Å². The van der Waals surface area contributed by atoms with Crippen LogP contribution in [0.15, 0.2) is 30.3 Å². The Bertz CT molecular complexity index is 1130. The summed E-state index contributed by atoms with van der Waals surface area (Å²) >= 11 is 0. The van der Waals surface area contributed by atoms with E-state index in [0.717, 1.165) is 36.2 Å². The SMILES string of the molecule is Cc1cccc(CNC(=O)c2c(C=N)c3cc(F)c(CN4CCOCC4)cc3n2C)n1. The molecule has 3 aromatic rings. The van der Waals surface area contributed by atoms with Gasteiger partial charge in [0.2, 0.25) is 0 Å². The maximum absolute atomic E-state index is 14.9. The van der Waals surface area contributed by atoms with Gasteiger partial charge in [0.15, 0.2) is 0 Å². The zero-order valence-corrected chi connectivity index (χ0v) is 17.7. The Morgan fingerprint density at radius 2 is 2.10 bits per heavy atom. The molecule has 3 heterocycles. The van der Waals surface area contributed by atoms with Crippen LogP contribution in [0, 0.1) is 18.2 Å². The highest BCUT2D eigenvalue weighted by atomic mass is 19.1. The first-order valence-electron chi connectivity index (χ1n) is 10.3. The Hall–Kier alpha value is -3.10. The Kier molecular flexibility index (Phi) is 6.11. The molecule has 0 atom stereocenters. The molecule has 1 saturated heterocycles. The fourth-order valence-electron chi connectivity index (χ4n) is 4.02. The second-order valence-electron chi connectivity index (χ2n) is 7.77. The molecule has 1 aromatic carbocycles. The first-order valence-corrected chi connectivity index (χ1v) is 10.3. The van der Waals surface area contributed by atoms with Crippen molar-refractivity contribution in [1.29, 1.82) is 5.41 Å². The molecule has 0 saturated carbocycles. The number of carbonyl (C=O) groups is 1. The van der Waals surface area contributed by atoms with Gasteiger partial charge in [0.05, 0.1) is 25.5 Å². The fraction of sp³-hybridized carbons (Fsp3) is 0.348. The molecule has 2 aromatic heterocycles. The summed E-state index contributed by atoms with van der Waals surface area (Å²) in [7, 11) is 1.77. The fourth-order valence-corrected chi connectivity index (χ4v) is 4.02. The molecule has 1 fully saturated rings. The van der Waals surface area contributed by atoms with Crippen LogP contribution >= 0.6 is 0 Å². The first-order chi connectivity index (χ1) is 15.0. The van der Waals surface area contributed by atoms with Gasteiger partial charge >= 0.3 is 0 Å². The third kappa shape index (κ3) is 4.35. The summed E-state index contributed by atoms with van der Waals surface area (Å²) < 4.78 is 22.0. The predicted molar refractivity (Wildman–Crippen MR) is 117 cm³/mol. The zero-order valence-electron chi connectivity index (χ0n) is 17.7. The van der Waals surface area contributed by atoms with Gasteiger partial charge in [-0.3, -0.25) is 14.7 Å². The average Bonchev–Trinajstić information content (AvgIpc) is 3.04. The molecule has 0 unspecified atom stereocenters. The summed E-state index contributed by atoms with van der Waals surface area (Å²) in [6.45, 7) is 5.46. The van der Waals surface area contributed by atoms with Crippen molar-refractivity contribution in [1.82, 2.24) is 19.8 Å². The summed E-state index contributed by atoms with van der Waals surface area (Å²) in [6, 6.07) is 8.85. The van der Waals surface area contributed by atoms with Gasteiger partial charge in [-0.25, -0.2) is 4.39 Å². The van der Waals surface area contributed by atoms with E-state index in [2.05, 4.69) is 15.2 Å². The van der Waals surface area contributed by atoms with Crippen LogP contribution in [0.2, 0.25) is 0 Å². The van der Waals surface area contributed by atoms with Crippen molar-refractivity contribution in [2.24, 2.45) is 7.05 Å². The standard InChI is InChI=1S/C23H26FN5O2/c1-15-4-3-5-17(27-15)13-26-23(30)22-19(12-25)18-11-20(24)16(10-21(18)28(22)2)14-29-6-8-31-9-7-29/h3-5,10-12,25H,6-9,13-14H2,1-2H3,(H,26,30). The monoisotopic (exact) mass is 423 g/mol. The molecule has 2 N–H and O–H groups in total. The lowest BCUT2D eigenvalue weighted by Crippen LogP contribution is -2.35. The number of halogens is 1. The van der Waals surface area contributed by atoms with E-state index in [-0.39, 0.29) is 18.3 Å². The van der Waals surface area contributed by atoms with Crippen LogP contribution in [0.4, 0.5) is 4.39 Å². The van der Waals surface area contributed by atoms with Crippen molar-refractivity contribution in [3.63, 3.8) is 0 Å². The summed E-state index contributed by atoms with van der Waals surface area (Å²) in [5, 5.41) is 11.3. The highest BCUT2D eigenvalue weighted by Crippen LogP contribution is 2.28. The quantitative estimate of drug-likeness (QED) is 0.598. The third-order valence-corrected chi connectivity index (χ3v) is 5.64. The minimum absolute atomic E-state index is 0.274. The second kappa shape index (κ2) is 8.95. The van der Waals surface area contributed by atoms with Crippen LogP contribution in [-0.2, 0) is 24.9 Å². The number of morpholine rings is 1. The minimum Gasteiger partial charge on any atom is -0.379 e. The van der Waals surface area contributed by atoms with Crippen LogP contribution in [0.1, 0.15) is 33.0 Å². The molecule has 1 aliphatic rings. The zero-order chi connectivity index (χ0) is 22.0. The average molecular weight is 423 g/mol. The third-order valence-electron chi connectivity index (χ3n) is 5.64. The molecule has 31 heavy (non-hydrogen) atoms. The Balaban J connectivity index is 1.64. The Labute approximate surface area is 180 Å². The number of nitrogens with zero attached hydrogens (tertiary/aromatic N) is 3. The maximum Gasteiger partial charge on any atom is 0.268 e. The van der Waals surface area contributed by atoms with Gasteiger partial charge in [-0.2, -0.15) is 0 Å². The van der Waals surface area contributed by atoms with E-state index in [9.17, 15) is 9.18 Å². The van der Waals surface area contributed by atoms with E-state index in [1.165, 1.54) is 6.07 Å². The number of rotatable bonds is 6. The largest absolute Gasteiger partial charge is 0.379 e. The van der Waals surface area contributed by atoms with Crippen LogP contribution in [0.5, 0.6) is 0 Å². The van der Waals surface area contributed by atoms with E-state index in [4.69, 9.17) is 10.1 Å². The number of ether oxygens (including phenoxy) is 1. The van der Waals surface area contributed by atoms with E-state index >= 15 is 0 Å². The predicted octanol–water partition coefficient (Wildman–Crippen LogP) is 2.78. The topological polar surface area (TPSA) is 83.2 Å². The Morgan fingerprint density at radius 1 is 1.32 bits per heavy atom. The molecule has 1 aliphatic heterocycles. The smallest absolute Gasteiger partial charge is 0.268 e. The lowest BCUT2D eigenvalue weighted by atomic mass is 10.1. The van der Waals surface area contributed by atoms with Gasteiger partial charge in [-0.15, -0.1) is 0 Å². The van der Waals surface area contributed by atoms with Crippen molar-refractivity contribution in [3.05, 3.63) is 64.4 Å². The number of carbonyl (C=O) groups excluding carboxylic acids is 1. The molecule has 8 heteroatoms. The number of aryl methyl sites for hydroxylation is 2. The molecule has 0 bridgehead atoms. The second-order valence-corrected chi connectivity index (χ2v) is 7.77. The summed E-state index contributed by atoms with van der Waals surface area (Å²) in [5.74, 6) is -0.653. The number of amides is 1. The first kappa shape index (κ1) is 21.1. The van der Waals surface area contributed by atoms with Crippen LogP contribution in [0.25, 0.3) is 10.9 Å². The molecule has 1 amide bonds. The van der Waals surface area contributed by atoms with Crippen LogP contribution in [0.3, 0.4) is 0 Å². The molecule has 0 spiro atoms. The highest BCUT2D eigenvalue weighted by Gasteiger charge is 2.22. The number of aromatic nitrogens is 2. The normalized spacial score (nSPS) is 14.7. The number of hydrogen-bond donors (Lipinski definition) is 2. The summed E-state index contributed by atoms with van der Waals surface area (Å²) in [4.78, 5) is 19.5. The van der Waals surface area contributed by atoms with Crippen molar-refractivity contribution in [2.45, 2.75) is 20.0 Å². The minimum atomic E-state index is -0.330. The molecule has 7 nitrogen and oxygen atoms in total. The van der Waals surface area contributed by atoms with Gasteiger partial charge in [0.25, 0.3) is 5.91 Å². The van der Waals surface area contributed by atoms with Gasteiger partial charge in [-0.05, 0) is 31.2 Å². The number of pyridine rings is 1. The molecule has 0 radical (unpaired) electrons.